The van der Waals surface area contributed by atoms with Crippen molar-refractivity contribution in [2.24, 2.45) is 5.41 Å². The van der Waals surface area contributed by atoms with E-state index in [4.69, 9.17) is 21.3 Å². The van der Waals surface area contributed by atoms with E-state index in [1.54, 1.807) is 36.6 Å². The topological polar surface area (TPSA) is 109 Å². The van der Waals surface area contributed by atoms with Crippen molar-refractivity contribution >= 4 is 57.4 Å². The third kappa shape index (κ3) is 6.19. The lowest BCUT2D eigenvalue weighted by molar-refractivity contribution is -0.113. The normalized spacial score (nSPS) is 13.9. The first-order valence-corrected chi connectivity index (χ1v) is 14.8. The molecule has 0 fully saturated rings. The van der Waals surface area contributed by atoms with Crippen molar-refractivity contribution in [1.82, 2.24) is 4.98 Å². The van der Waals surface area contributed by atoms with Gasteiger partial charge in [0.15, 0.2) is 5.78 Å². The van der Waals surface area contributed by atoms with Crippen LogP contribution in [-0.2, 0) is 22.4 Å². The number of ether oxygens (including phenoxy) is 1. The van der Waals surface area contributed by atoms with Crippen LogP contribution in [0.5, 0.6) is 0 Å². The Morgan fingerprint density at radius 2 is 1.95 bits per heavy atom. The molecule has 0 unspecified atom stereocenters. The monoisotopic (exact) mass is 581 g/mol. The number of thiophene rings is 1. The first kappa shape index (κ1) is 28.8. The summed E-state index contributed by atoms with van der Waals surface area (Å²) in [7, 11) is 0. The van der Waals surface area contributed by atoms with Gasteiger partial charge in [-0.1, -0.05) is 56.3 Å². The van der Waals surface area contributed by atoms with Crippen molar-refractivity contribution in [3.05, 3.63) is 62.6 Å². The van der Waals surface area contributed by atoms with Crippen LogP contribution in [0.3, 0.4) is 0 Å². The lowest BCUT2D eigenvalue weighted by Crippen LogP contribution is -2.29. The number of esters is 1. The molecule has 2 aromatic heterocycles. The number of Topliss-reactive ketones (excluding diaryl/α,β-unsaturated/α-hetero) is 1. The van der Waals surface area contributed by atoms with Crippen molar-refractivity contribution in [3.63, 3.8) is 0 Å². The highest BCUT2D eigenvalue weighted by Crippen LogP contribution is 2.39. The summed E-state index contributed by atoms with van der Waals surface area (Å²) in [5.41, 5.74) is 3.76. The highest BCUT2D eigenvalue weighted by Gasteiger charge is 2.35. The predicted molar refractivity (Wildman–Crippen MR) is 155 cm³/mol. The number of benzene rings is 1. The highest BCUT2D eigenvalue weighted by molar-refractivity contribution is 8.00. The zero-order valence-corrected chi connectivity index (χ0v) is 24.5. The molecule has 2 heterocycles. The van der Waals surface area contributed by atoms with E-state index in [1.807, 2.05) is 20.8 Å². The van der Waals surface area contributed by atoms with E-state index >= 15 is 0 Å². The summed E-state index contributed by atoms with van der Waals surface area (Å²) >= 11 is 8.40. The molecule has 1 N–H and O–H groups in total. The second kappa shape index (κ2) is 11.9. The third-order valence-corrected chi connectivity index (χ3v) is 8.51. The summed E-state index contributed by atoms with van der Waals surface area (Å²) in [6.07, 6.45) is 1.55. The van der Waals surface area contributed by atoms with Crippen molar-refractivity contribution in [1.29, 1.82) is 5.26 Å². The van der Waals surface area contributed by atoms with Crippen LogP contribution in [0.1, 0.15) is 71.7 Å². The summed E-state index contributed by atoms with van der Waals surface area (Å²) in [4.78, 5) is 43.5. The second-order valence-corrected chi connectivity index (χ2v) is 12.2. The Morgan fingerprint density at radius 3 is 2.59 bits per heavy atom. The summed E-state index contributed by atoms with van der Waals surface area (Å²) in [5, 5.41) is 15.9. The smallest absolute Gasteiger partial charge is 0.341 e. The molecular weight excluding hydrogens is 554 g/mol. The van der Waals surface area contributed by atoms with Gasteiger partial charge in [-0.3, -0.25) is 9.59 Å². The number of pyridine rings is 1. The number of hydrogen-bond acceptors (Lipinski definition) is 8. The fourth-order valence-electron chi connectivity index (χ4n) is 4.73. The van der Waals surface area contributed by atoms with Gasteiger partial charge < -0.3 is 10.1 Å². The average Bonchev–Trinajstić information content (AvgIpc) is 3.29. The van der Waals surface area contributed by atoms with Gasteiger partial charge in [-0.05, 0) is 48.4 Å². The number of carbonyl (C=O) groups excluding carboxylic acids is 3. The number of amides is 1. The van der Waals surface area contributed by atoms with E-state index in [9.17, 15) is 19.6 Å². The van der Waals surface area contributed by atoms with Crippen molar-refractivity contribution in [3.8, 4) is 17.2 Å². The highest BCUT2D eigenvalue weighted by atomic mass is 35.5. The molecule has 0 aliphatic heterocycles. The molecule has 1 aromatic carbocycles. The number of rotatable bonds is 8. The summed E-state index contributed by atoms with van der Waals surface area (Å²) in [6, 6.07) is 9.28. The van der Waals surface area contributed by atoms with Crippen LogP contribution in [0.15, 0.2) is 34.7 Å². The number of fused-ring (bicyclic) bond motifs is 1. The largest absolute Gasteiger partial charge is 0.462 e. The zero-order valence-electron chi connectivity index (χ0n) is 22.1. The lowest BCUT2D eigenvalue weighted by atomic mass is 9.74. The Hall–Kier alpha value is -3.19. The van der Waals surface area contributed by atoms with Crippen LogP contribution in [0.4, 0.5) is 5.00 Å². The predicted octanol–water partition coefficient (Wildman–Crippen LogP) is 6.96. The molecule has 1 aliphatic rings. The Bertz CT molecular complexity index is 1490. The van der Waals surface area contributed by atoms with Gasteiger partial charge in [-0.2, -0.15) is 5.26 Å². The van der Waals surface area contributed by atoms with E-state index < -0.39 is 5.97 Å². The lowest BCUT2D eigenvalue weighted by Gasteiger charge is -2.31. The first-order chi connectivity index (χ1) is 18.6. The van der Waals surface area contributed by atoms with Gasteiger partial charge in [0.25, 0.3) is 0 Å². The molecule has 10 heteroatoms. The molecule has 7 nitrogen and oxygen atoms in total. The average molecular weight is 582 g/mol. The first-order valence-electron chi connectivity index (χ1n) is 12.5. The summed E-state index contributed by atoms with van der Waals surface area (Å²) in [5.74, 6) is -0.906. The number of hydrogen-bond donors (Lipinski definition) is 1. The third-order valence-electron chi connectivity index (χ3n) is 6.39. The van der Waals surface area contributed by atoms with Gasteiger partial charge in [0.1, 0.15) is 21.7 Å². The van der Waals surface area contributed by atoms with E-state index in [0.29, 0.717) is 62.3 Å². The molecule has 3 aromatic rings. The Labute approximate surface area is 240 Å². The van der Waals surface area contributed by atoms with Crippen molar-refractivity contribution in [2.45, 2.75) is 52.0 Å². The van der Waals surface area contributed by atoms with Gasteiger partial charge >= 0.3 is 5.97 Å². The summed E-state index contributed by atoms with van der Waals surface area (Å²) < 4.78 is 5.27. The molecule has 0 radical (unpaired) electrons. The van der Waals surface area contributed by atoms with Gasteiger partial charge in [0, 0.05) is 28.0 Å². The minimum atomic E-state index is -0.533. The molecule has 0 spiro atoms. The van der Waals surface area contributed by atoms with E-state index in [0.717, 1.165) is 17.3 Å². The zero-order chi connectivity index (χ0) is 28.3. The number of anilines is 1. The van der Waals surface area contributed by atoms with E-state index in [1.165, 1.54) is 11.3 Å². The number of thioether (sulfide) groups is 1. The minimum absolute atomic E-state index is 0.0112. The van der Waals surface area contributed by atoms with Gasteiger partial charge in [0.2, 0.25) is 5.91 Å². The minimum Gasteiger partial charge on any atom is -0.462 e. The molecule has 202 valence electrons. The number of nitriles is 1. The Morgan fingerprint density at radius 1 is 1.23 bits per heavy atom. The molecule has 1 aliphatic carbocycles. The van der Waals surface area contributed by atoms with Crippen LogP contribution in [-0.4, -0.2) is 35.0 Å². The van der Waals surface area contributed by atoms with Crippen LogP contribution >= 0.6 is 34.7 Å². The number of halogens is 1. The van der Waals surface area contributed by atoms with Crippen LogP contribution in [0.2, 0.25) is 5.02 Å². The number of ketones is 1. The molecular formula is C29H28ClN3O4S2. The molecule has 4 rings (SSSR count). The number of aromatic nitrogens is 1. The van der Waals surface area contributed by atoms with Gasteiger partial charge in [-0.25, -0.2) is 9.78 Å². The van der Waals surface area contributed by atoms with E-state index in [-0.39, 0.29) is 35.0 Å². The fraction of sp³-hybridized carbons (Fsp3) is 0.345. The summed E-state index contributed by atoms with van der Waals surface area (Å²) in [6.45, 7) is 7.88. The Kier molecular flexibility index (Phi) is 8.80. The molecule has 0 saturated heterocycles. The number of nitrogens with one attached hydrogen (secondary N) is 1. The quantitative estimate of drug-likeness (QED) is 0.226. The molecule has 39 heavy (non-hydrogen) atoms. The standard InChI is InChI=1S/C29H28ClN3O4S2/c1-5-18-19(13-31)26(32-21-11-29(3,4)12-22(34)24(18)21)39-15-23(35)33-27-25(28(36)37-6-2)20(14-38-27)16-7-9-17(30)10-8-16/h7-10,14H,5-6,11-12,15H2,1-4H3,(H,33,35). The number of nitrogens with zero attached hydrogens (tertiary/aromatic N) is 2. The molecule has 0 atom stereocenters. The maximum atomic E-state index is 13.0. The van der Waals surface area contributed by atoms with Crippen molar-refractivity contribution in [2.75, 3.05) is 17.7 Å². The fourth-order valence-corrected chi connectivity index (χ4v) is 6.65. The van der Waals surface area contributed by atoms with Gasteiger partial charge in [-0.15, -0.1) is 11.3 Å². The van der Waals surface area contributed by atoms with E-state index in [2.05, 4.69) is 11.4 Å². The maximum Gasteiger partial charge on any atom is 0.341 e. The van der Waals surface area contributed by atoms with Crippen LogP contribution < -0.4 is 5.32 Å². The van der Waals surface area contributed by atoms with Crippen LogP contribution in [0, 0.1) is 16.7 Å². The Balaban J connectivity index is 1.60. The SMILES string of the molecule is CCOC(=O)c1c(-c2ccc(Cl)cc2)csc1NC(=O)CSc1nc2c(c(CC)c1C#N)C(=O)CC(C)(C)C2. The molecule has 1 amide bonds. The molecule has 0 bridgehead atoms. The maximum absolute atomic E-state index is 13.0. The van der Waals surface area contributed by atoms with Gasteiger partial charge in [0.05, 0.1) is 23.6 Å². The molecule has 0 saturated carbocycles. The second-order valence-electron chi connectivity index (χ2n) is 9.92. The van der Waals surface area contributed by atoms with Crippen LogP contribution in [0.25, 0.3) is 11.1 Å². The van der Waals surface area contributed by atoms with Crippen molar-refractivity contribution < 1.29 is 19.1 Å². The number of carbonyl (C=O) groups is 3.